The number of nitrogens with one attached hydrogen (secondary N) is 1. The molecule has 9 heteroatoms. The van der Waals surface area contributed by atoms with Crippen molar-refractivity contribution in [2.45, 2.75) is 38.1 Å². The van der Waals surface area contributed by atoms with E-state index >= 15 is 0 Å². The monoisotopic (exact) mass is 370 g/mol. The van der Waals surface area contributed by atoms with Crippen LogP contribution in [0.5, 0.6) is 0 Å². The standard InChI is InChI=1S/C16H26N4O4S/c1-11-4-12(2)9-19(8-11)10-13(3)18-14-5-15(20(21)22)7-16(6-14)25(17,23)24/h5-7,11-13,18H,4,8-10H2,1-3H3,(H2,17,23,24). The molecule has 0 aromatic heterocycles. The van der Waals surface area contributed by atoms with Crippen LogP contribution < -0.4 is 10.5 Å². The van der Waals surface area contributed by atoms with E-state index in [-0.39, 0.29) is 16.6 Å². The van der Waals surface area contributed by atoms with Crippen molar-refractivity contribution in [3.05, 3.63) is 28.3 Å². The molecule has 1 fully saturated rings. The van der Waals surface area contributed by atoms with Gasteiger partial charge in [0.2, 0.25) is 10.0 Å². The van der Waals surface area contributed by atoms with Crippen LogP contribution in [0.3, 0.4) is 0 Å². The number of nitro benzene ring substituents is 1. The molecule has 0 bridgehead atoms. The van der Waals surface area contributed by atoms with Crippen molar-refractivity contribution in [2.24, 2.45) is 17.0 Å². The van der Waals surface area contributed by atoms with Gasteiger partial charge >= 0.3 is 0 Å². The van der Waals surface area contributed by atoms with Gasteiger partial charge < -0.3 is 10.2 Å². The number of non-ortho nitro benzene ring substituents is 1. The van der Waals surface area contributed by atoms with Gasteiger partial charge in [-0.3, -0.25) is 10.1 Å². The van der Waals surface area contributed by atoms with Gasteiger partial charge in [0.05, 0.1) is 9.82 Å². The first-order valence-corrected chi connectivity index (χ1v) is 9.90. The van der Waals surface area contributed by atoms with Gasteiger partial charge in [-0.25, -0.2) is 13.6 Å². The van der Waals surface area contributed by atoms with Gasteiger partial charge in [-0.05, 0) is 31.2 Å². The first-order chi connectivity index (χ1) is 11.5. The van der Waals surface area contributed by atoms with Crippen molar-refractivity contribution in [1.82, 2.24) is 4.90 Å². The molecule has 1 aliphatic heterocycles. The van der Waals surface area contributed by atoms with E-state index in [4.69, 9.17) is 5.14 Å². The van der Waals surface area contributed by atoms with Crippen LogP contribution >= 0.6 is 0 Å². The molecule has 3 atom stereocenters. The summed E-state index contributed by atoms with van der Waals surface area (Å²) in [6.07, 6.45) is 1.22. The summed E-state index contributed by atoms with van der Waals surface area (Å²) in [5, 5.41) is 19.3. The van der Waals surface area contributed by atoms with Crippen molar-refractivity contribution in [3.8, 4) is 0 Å². The average molecular weight is 370 g/mol. The Morgan fingerprint density at radius 2 is 1.92 bits per heavy atom. The Labute approximate surface area is 148 Å². The topological polar surface area (TPSA) is 119 Å². The highest BCUT2D eigenvalue weighted by atomic mass is 32.2. The smallest absolute Gasteiger partial charge is 0.272 e. The molecule has 1 aromatic carbocycles. The summed E-state index contributed by atoms with van der Waals surface area (Å²) in [4.78, 5) is 12.5. The minimum absolute atomic E-state index is 0.00725. The van der Waals surface area contributed by atoms with Crippen LogP contribution in [0.2, 0.25) is 0 Å². The van der Waals surface area contributed by atoms with Crippen molar-refractivity contribution >= 4 is 21.4 Å². The number of nitro groups is 1. The third-order valence-electron chi connectivity index (χ3n) is 4.32. The lowest BCUT2D eigenvalue weighted by Gasteiger charge is -2.36. The number of sulfonamides is 1. The van der Waals surface area contributed by atoms with E-state index in [1.165, 1.54) is 18.6 Å². The van der Waals surface area contributed by atoms with Crippen LogP contribution in [-0.2, 0) is 10.0 Å². The van der Waals surface area contributed by atoms with E-state index in [0.717, 1.165) is 25.7 Å². The zero-order valence-corrected chi connectivity index (χ0v) is 15.6. The molecule has 3 unspecified atom stereocenters. The number of piperidine rings is 1. The van der Waals surface area contributed by atoms with Gasteiger partial charge in [0.15, 0.2) is 0 Å². The Bertz CT molecular complexity index is 728. The summed E-state index contributed by atoms with van der Waals surface area (Å²) in [7, 11) is -4.01. The molecule has 0 spiro atoms. The highest BCUT2D eigenvalue weighted by molar-refractivity contribution is 7.89. The second kappa shape index (κ2) is 7.67. The summed E-state index contributed by atoms with van der Waals surface area (Å²) >= 11 is 0. The molecule has 1 saturated heterocycles. The van der Waals surface area contributed by atoms with Crippen LogP contribution in [0.25, 0.3) is 0 Å². The Morgan fingerprint density at radius 1 is 1.32 bits per heavy atom. The van der Waals surface area contributed by atoms with E-state index < -0.39 is 14.9 Å². The summed E-state index contributed by atoms with van der Waals surface area (Å²) < 4.78 is 23.1. The first kappa shape index (κ1) is 19.6. The normalized spacial score (nSPS) is 23.2. The molecule has 0 saturated carbocycles. The fourth-order valence-corrected chi connectivity index (χ4v) is 4.17. The third kappa shape index (κ3) is 5.65. The zero-order chi connectivity index (χ0) is 18.8. The van der Waals surface area contributed by atoms with Crippen LogP contribution in [0.1, 0.15) is 27.2 Å². The molecule has 0 radical (unpaired) electrons. The lowest BCUT2D eigenvalue weighted by molar-refractivity contribution is -0.385. The molecular formula is C16H26N4O4S. The molecule has 8 nitrogen and oxygen atoms in total. The Morgan fingerprint density at radius 3 is 2.44 bits per heavy atom. The number of benzene rings is 1. The number of primary sulfonamides is 1. The predicted octanol–water partition coefficient (Wildman–Crippen LogP) is 2.02. The van der Waals surface area contributed by atoms with Crippen LogP contribution in [-0.4, -0.2) is 43.9 Å². The van der Waals surface area contributed by atoms with Gasteiger partial charge in [-0.15, -0.1) is 0 Å². The van der Waals surface area contributed by atoms with Gasteiger partial charge in [0.25, 0.3) is 5.69 Å². The van der Waals surface area contributed by atoms with Crippen molar-refractivity contribution in [2.75, 3.05) is 25.0 Å². The van der Waals surface area contributed by atoms with Gasteiger partial charge in [0.1, 0.15) is 0 Å². The van der Waals surface area contributed by atoms with Crippen molar-refractivity contribution in [3.63, 3.8) is 0 Å². The lowest BCUT2D eigenvalue weighted by Crippen LogP contribution is -2.43. The minimum atomic E-state index is -4.01. The highest BCUT2D eigenvalue weighted by Gasteiger charge is 2.23. The number of nitrogens with zero attached hydrogens (tertiary/aromatic N) is 2. The second-order valence-electron chi connectivity index (χ2n) is 7.23. The summed E-state index contributed by atoms with van der Waals surface area (Å²) in [6, 6.07) is 3.64. The average Bonchev–Trinajstić information content (AvgIpc) is 2.44. The minimum Gasteiger partial charge on any atom is -0.381 e. The fraction of sp³-hybridized carbons (Fsp3) is 0.625. The van der Waals surface area contributed by atoms with Crippen molar-refractivity contribution in [1.29, 1.82) is 0 Å². The predicted molar refractivity (Wildman–Crippen MR) is 96.9 cm³/mol. The number of likely N-dealkylation sites (tertiary alicyclic amines) is 1. The second-order valence-corrected chi connectivity index (χ2v) is 8.79. The lowest BCUT2D eigenvalue weighted by atomic mass is 9.92. The highest BCUT2D eigenvalue weighted by Crippen LogP contribution is 2.25. The van der Waals surface area contributed by atoms with Gasteiger partial charge in [0, 0.05) is 43.5 Å². The van der Waals surface area contributed by atoms with E-state index in [2.05, 4.69) is 24.1 Å². The van der Waals surface area contributed by atoms with Crippen molar-refractivity contribution < 1.29 is 13.3 Å². The molecular weight excluding hydrogens is 344 g/mol. The molecule has 0 amide bonds. The molecule has 3 N–H and O–H groups in total. The maximum atomic E-state index is 11.6. The molecule has 1 aliphatic rings. The number of hydrogen-bond donors (Lipinski definition) is 2. The van der Waals surface area contributed by atoms with Crippen LogP contribution in [0, 0.1) is 22.0 Å². The summed E-state index contributed by atoms with van der Waals surface area (Å²) in [5.41, 5.74) is 0.0743. The van der Waals surface area contributed by atoms with E-state index in [9.17, 15) is 18.5 Å². The molecule has 1 aromatic rings. The number of hydrogen-bond acceptors (Lipinski definition) is 6. The number of anilines is 1. The molecule has 0 aliphatic carbocycles. The molecule has 2 rings (SSSR count). The van der Waals surface area contributed by atoms with E-state index in [1.807, 2.05) is 6.92 Å². The molecule has 1 heterocycles. The molecule has 25 heavy (non-hydrogen) atoms. The number of rotatable bonds is 6. The Kier molecular flexibility index (Phi) is 6.02. The van der Waals surface area contributed by atoms with Gasteiger partial charge in [-0.1, -0.05) is 13.8 Å². The SMILES string of the molecule is CC1CC(C)CN(CC(C)Nc2cc([N+](=O)[O-])cc(S(N)(=O)=O)c2)C1. The maximum absolute atomic E-state index is 11.6. The quantitative estimate of drug-likeness (QED) is 0.584. The Balaban J connectivity index is 2.13. The Hall–Kier alpha value is -1.71. The first-order valence-electron chi connectivity index (χ1n) is 8.35. The number of nitrogens with two attached hydrogens (primary N) is 1. The zero-order valence-electron chi connectivity index (χ0n) is 14.8. The van der Waals surface area contributed by atoms with E-state index in [1.54, 1.807) is 0 Å². The summed E-state index contributed by atoms with van der Waals surface area (Å²) in [5.74, 6) is 1.28. The molecule has 140 valence electrons. The van der Waals surface area contributed by atoms with Crippen LogP contribution in [0.15, 0.2) is 23.1 Å². The third-order valence-corrected chi connectivity index (χ3v) is 5.21. The summed E-state index contributed by atoms with van der Waals surface area (Å²) in [6.45, 7) is 9.27. The maximum Gasteiger partial charge on any atom is 0.272 e. The fourth-order valence-electron chi connectivity index (χ4n) is 3.59. The van der Waals surface area contributed by atoms with E-state index in [0.29, 0.717) is 17.5 Å². The van der Waals surface area contributed by atoms with Gasteiger partial charge in [-0.2, -0.15) is 0 Å². The van der Waals surface area contributed by atoms with Crippen LogP contribution in [0.4, 0.5) is 11.4 Å². The largest absolute Gasteiger partial charge is 0.381 e.